The Morgan fingerprint density at radius 3 is 2.00 bits per heavy atom. The molecule has 0 aliphatic carbocycles. The minimum Gasteiger partial charge on any atom is -0.210 e. The van der Waals surface area contributed by atoms with Gasteiger partial charge in [0.15, 0.2) is 0 Å². The number of rotatable bonds is 0. The molecule has 0 aliphatic heterocycles. The number of aryl methyl sites for hydroxylation is 2. The first-order valence-electron chi connectivity index (χ1n) is 2.91. The zero-order valence-electron chi connectivity index (χ0n) is 6.65. The molecule has 0 bridgehead atoms. The summed E-state index contributed by atoms with van der Waals surface area (Å²) in [5.74, 6) is 0. The third-order valence-corrected chi connectivity index (χ3v) is 1.77. The van der Waals surface area contributed by atoms with E-state index in [1.165, 1.54) is 16.7 Å². The van der Waals surface area contributed by atoms with Crippen LogP contribution in [0.2, 0.25) is 0 Å². The quantitative estimate of drug-likeness (QED) is 0.310. The molecule has 1 aromatic carbocycles. The van der Waals surface area contributed by atoms with E-state index in [1.807, 2.05) is 0 Å². The zero-order chi connectivity index (χ0) is 6.15. The Bertz CT molecular complexity index is 167. The van der Waals surface area contributed by atoms with Crippen LogP contribution in [0, 0.1) is 20.8 Å². The summed E-state index contributed by atoms with van der Waals surface area (Å²) < 4.78 is 0. The third kappa shape index (κ3) is 1.68. The van der Waals surface area contributed by atoms with Crippen molar-refractivity contribution in [3.05, 3.63) is 28.8 Å². The van der Waals surface area contributed by atoms with E-state index in [4.69, 9.17) is 0 Å². The van der Waals surface area contributed by atoms with Crippen LogP contribution in [0.15, 0.2) is 12.1 Å². The summed E-state index contributed by atoms with van der Waals surface area (Å²) in [7, 11) is 0. The van der Waals surface area contributed by atoms with Crippen LogP contribution < -0.4 is 18.9 Å². The molecule has 0 amide bonds. The molecule has 0 nitrogen and oxygen atoms in total. The maximum absolute atomic E-state index is 2.16. The summed E-state index contributed by atoms with van der Waals surface area (Å²) >= 11 is 0. The van der Waals surface area contributed by atoms with Crippen molar-refractivity contribution in [2.75, 3.05) is 0 Å². The first-order chi connectivity index (χ1) is 3.72. The summed E-state index contributed by atoms with van der Waals surface area (Å²) in [4.78, 5) is 0. The van der Waals surface area contributed by atoms with Gasteiger partial charge in [-0.25, -0.2) is 6.07 Å². The second-order valence-electron chi connectivity index (χ2n) is 2.32. The van der Waals surface area contributed by atoms with Gasteiger partial charge in [0.05, 0.1) is 0 Å². The Hall–Kier alpha value is -0.0526. The van der Waals surface area contributed by atoms with Crippen molar-refractivity contribution in [3.8, 4) is 0 Å². The van der Waals surface area contributed by atoms with Crippen LogP contribution >= 0.6 is 0 Å². The second-order valence-corrected chi connectivity index (χ2v) is 2.32. The van der Waals surface area contributed by atoms with Crippen molar-refractivity contribution in [2.45, 2.75) is 20.8 Å². The molecule has 0 heterocycles. The van der Waals surface area contributed by atoms with E-state index in [-0.39, 0.29) is 18.9 Å². The topological polar surface area (TPSA) is 0 Å². The van der Waals surface area contributed by atoms with Crippen molar-refractivity contribution in [1.29, 1.82) is 0 Å². The number of hydrogen-bond acceptors (Lipinski definition) is 0. The van der Waals surface area contributed by atoms with E-state index in [0.29, 0.717) is 0 Å². The Labute approximate surface area is 68.8 Å². The van der Waals surface area contributed by atoms with Crippen LogP contribution in [0.5, 0.6) is 0 Å². The molecule has 1 heteroatoms. The fraction of sp³-hybridized carbons (Fsp3) is 0.375. The van der Waals surface area contributed by atoms with E-state index in [2.05, 4.69) is 32.9 Å². The monoisotopic (exact) mass is 114 g/mol. The van der Waals surface area contributed by atoms with E-state index in [1.54, 1.807) is 0 Å². The van der Waals surface area contributed by atoms with Crippen molar-refractivity contribution in [3.63, 3.8) is 0 Å². The average molecular weight is 114 g/mol. The van der Waals surface area contributed by atoms with Gasteiger partial charge in [0.25, 0.3) is 0 Å². The van der Waals surface area contributed by atoms with Gasteiger partial charge in [-0.15, -0.1) is 0 Å². The van der Waals surface area contributed by atoms with Crippen LogP contribution in [0.4, 0.5) is 0 Å². The molecule has 44 valence electrons. The molecule has 0 aromatic heterocycles. The Kier molecular flexibility index (Phi) is 3.18. The van der Waals surface area contributed by atoms with E-state index < -0.39 is 0 Å². The molecule has 1 rings (SSSR count). The molecule has 1 aromatic rings. The van der Waals surface area contributed by atoms with Gasteiger partial charge in [0.2, 0.25) is 0 Å². The summed E-state index contributed by atoms with van der Waals surface area (Å²) in [5.41, 5.74) is 4.25. The molecule has 0 radical (unpaired) electrons. The molecule has 0 fully saturated rings. The van der Waals surface area contributed by atoms with Gasteiger partial charge in [0.1, 0.15) is 0 Å². The number of hydrogen-bond donors (Lipinski definition) is 0. The van der Waals surface area contributed by atoms with Crippen LogP contribution in [-0.4, -0.2) is 0 Å². The summed E-state index contributed by atoms with van der Waals surface area (Å²) in [6.07, 6.45) is 0. The second kappa shape index (κ2) is 3.20. The van der Waals surface area contributed by atoms with Gasteiger partial charge in [-0.05, 0) is 0 Å². The molecule has 0 saturated heterocycles. The van der Waals surface area contributed by atoms with Crippen molar-refractivity contribution < 1.29 is 18.9 Å². The van der Waals surface area contributed by atoms with Gasteiger partial charge in [-0.3, -0.25) is 0 Å². The first-order valence-corrected chi connectivity index (χ1v) is 2.91. The SMILES string of the molecule is Cc1cc[c-](C)c1C.[Li+]. The molecule has 0 N–H and O–H groups in total. The van der Waals surface area contributed by atoms with E-state index in [9.17, 15) is 0 Å². The largest absolute Gasteiger partial charge is 1.00 e. The van der Waals surface area contributed by atoms with Crippen molar-refractivity contribution in [2.24, 2.45) is 0 Å². The molecule has 0 aliphatic rings. The zero-order valence-corrected chi connectivity index (χ0v) is 6.65. The summed E-state index contributed by atoms with van der Waals surface area (Å²) in [6.45, 7) is 6.44. The van der Waals surface area contributed by atoms with E-state index in [0.717, 1.165) is 0 Å². The predicted octanol–water partition coefficient (Wildman–Crippen LogP) is -0.665. The fourth-order valence-corrected chi connectivity index (χ4v) is 0.811. The minimum atomic E-state index is 0. The standard InChI is InChI=1S/C8H11.Li/c1-6-4-5-7(2)8(6)3;/h4-5H,1-3H3;/q-1;+1. The Morgan fingerprint density at radius 1 is 1.33 bits per heavy atom. The maximum Gasteiger partial charge on any atom is 1.00 e. The maximum atomic E-state index is 2.16. The molecule has 0 atom stereocenters. The molecule has 0 saturated carbocycles. The van der Waals surface area contributed by atoms with Gasteiger partial charge >= 0.3 is 18.9 Å². The van der Waals surface area contributed by atoms with E-state index >= 15 is 0 Å². The fourth-order valence-electron chi connectivity index (χ4n) is 0.811. The molecule has 9 heavy (non-hydrogen) atoms. The minimum absolute atomic E-state index is 0. The van der Waals surface area contributed by atoms with Gasteiger partial charge < -0.3 is 0 Å². The average Bonchev–Trinajstić information content (AvgIpc) is 1.98. The van der Waals surface area contributed by atoms with Gasteiger partial charge in [-0.1, -0.05) is 20.8 Å². The third-order valence-electron chi connectivity index (χ3n) is 1.77. The smallest absolute Gasteiger partial charge is 0.210 e. The Balaban J connectivity index is 0.000000640. The van der Waals surface area contributed by atoms with Crippen LogP contribution in [-0.2, 0) is 0 Å². The summed E-state index contributed by atoms with van der Waals surface area (Å²) in [5, 5.41) is 0. The predicted molar refractivity (Wildman–Crippen MR) is 36.2 cm³/mol. The van der Waals surface area contributed by atoms with Crippen molar-refractivity contribution in [1.82, 2.24) is 0 Å². The normalized spacial score (nSPS) is 8.78. The molecule has 0 unspecified atom stereocenters. The molecular weight excluding hydrogens is 103 g/mol. The van der Waals surface area contributed by atoms with Gasteiger partial charge in [0, 0.05) is 0 Å². The van der Waals surface area contributed by atoms with Gasteiger partial charge in [-0.2, -0.15) is 22.8 Å². The van der Waals surface area contributed by atoms with Crippen LogP contribution in [0.25, 0.3) is 0 Å². The van der Waals surface area contributed by atoms with Crippen LogP contribution in [0.1, 0.15) is 16.7 Å². The summed E-state index contributed by atoms with van der Waals surface area (Å²) in [6, 6.07) is 4.31. The van der Waals surface area contributed by atoms with Crippen LogP contribution in [0.3, 0.4) is 0 Å². The Morgan fingerprint density at radius 2 is 1.89 bits per heavy atom. The molecular formula is C8H11Li. The van der Waals surface area contributed by atoms with Crippen molar-refractivity contribution >= 4 is 0 Å². The first kappa shape index (κ1) is 8.95. The molecule has 0 spiro atoms.